The molecule has 4 nitrogen and oxygen atoms in total. The third-order valence-electron chi connectivity index (χ3n) is 3.67. The van der Waals surface area contributed by atoms with E-state index in [-0.39, 0.29) is 0 Å². The molecule has 0 aliphatic heterocycles. The van der Waals surface area contributed by atoms with Gasteiger partial charge < -0.3 is 10.2 Å². The Hall–Kier alpha value is -0.870. The largest absolute Gasteiger partial charge is 0.312 e. The lowest BCUT2D eigenvalue weighted by Gasteiger charge is -2.17. The molecule has 0 fully saturated rings. The maximum Gasteiger partial charge on any atom is 0.0537 e. The van der Waals surface area contributed by atoms with Crippen molar-refractivity contribution in [1.82, 2.24) is 20.0 Å². The molecule has 0 bridgehead atoms. The molecule has 4 heteroatoms. The van der Waals surface area contributed by atoms with Gasteiger partial charge in [-0.15, -0.1) is 0 Å². The highest BCUT2D eigenvalue weighted by Crippen LogP contribution is 2.12. The van der Waals surface area contributed by atoms with Crippen molar-refractivity contribution in [2.45, 2.75) is 53.6 Å². The summed E-state index contributed by atoms with van der Waals surface area (Å²) in [6, 6.07) is 0.441. The topological polar surface area (TPSA) is 33.1 Å². The summed E-state index contributed by atoms with van der Waals surface area (Å²) in [4.78, 5) is 2.46. The maximum absolute atomic E-state index is 4.44. The lowest BCUT2D eigenvalue weighted by Crippen LogP contribution is -2.27. The zero-order valence-electron chi connectivity index (χ0n) is 13.2. The number of nitrogens with zero attached hydrogens (tertiary/aromatic N) is 3. The molecule has 1 aromatic heterocycles. The fraction of sp³-hybridized carbons (Fsp3) is 0.800. The Morgan fingerprint density at radius 1 is 1.32 bits per heavy atom. The van der Waals surface area contributed by atoms with Crippen molar-refractivity contribution < 1.29 is 0 Å². The van der Waals surface area contributed by atoms with E-state index in [4.69, 9.17) is 0 Å². The van der Waals surface area contributed by atoms with Crippen molar-refractivity contribution in [3.8, 4) is 0 Å². The average Bonchev–Trinajstić information content (AvgIpc) is 2.75. The molecule has 0 spiro atoms. The molecule has 0 unspecified atom stereocenters. The fourth-order valence-corrected chi connectivity index (χ4v) is 2.34. The standard InChI is InChI=1S/C15H30N4/c1-6-18(7-2)10-8-9-16-11-15-12-17-19(13(3)4)14(15)5/h12-13,16H,6-11H2,1-5H3. The SMILES string of the molecule is CCN(CC)CCCNCc1cnn(C(C)C)c1C. The molecule has 110 valence electrons. The minimum Gasteiger partial charge on any atom is -0.312 e. The first-order valence-electron chi connectivity index (χ1n) is 7.56. The molecule has 19 heavy (non-hydrogen) atoms. The minimum atomic E-state index is 0.441. The first-order chi connectivity index (χ1) is 9.10. The second-order valence-electron chi connectivity index (χ2n) is 5.35. The van der Waals surface area contributed by atoms with Crippen LogP contribution in [0.1, 0.15) is 51.4 Å². The number of nitrogens with one attached hydrogen (secondary N) is 1. The van der Waals surface area contributed by atoms with E-state index in [9.17, 15) is 0 Å². The quantitative estimate of drug-likeness (QED) is 0.697. The van der Waals surface area contributed by atoms with E-state index < -0.39 is 0 Å². The zero-order chi connectivity index (χ0) is 14.3. The van der Waals surface area contributed by atoms with E-state index in [0.717, 1.165) is 26.2 Å². The van der Waals surface area contributed by atoms with Gasteiger partial charge in [0.25, 0.3) is 0 Å². The van der Waals surface area contributed by atoms with Crippen molar-refractivity contribution >= 4 is 0 Å². The smallest absolute Gasteiger partial charge is 0.0537 e. The Labute approximate surface area is 118 Å². The van der Waals surface area contributed by atoms with Crippen molar-refractivity contribution in [1.29, 1.82) is 0 Å². The molecule has 1 heterocycles. The fourth-order valence-electron chi connectivity index (χ4n) is 2.34. The molecule has 0 radical (unpaired) electrons. The van der Waals surface area contributed by atoms with E-state index >= 15 is 0 Å². The van der Waals surface area contributed by atoms with Gasteiger partial charge >= 0.3 is 0 Å². The molecular formula is C15H30N4. The Balaban J connectivity index is 2.26. The molecule has 0 atom stereocenters. The minimum absolute atomic E-state index is 0.441. The molecule has 0 aliphatic rings. The van der Waals surface area contributed by atoms with Gasteiger partial charge in [-0.25, -0.2) is 0 Å². The van der Waals surface area contributed by atoms with Crippen molar-refractivity contribution in [3.05, 3.63) is 17.5 Å². The summed E-state index contributed by atoms with van der Waals surface area (Å²) < 4.78 is 2.09. The van der Waals surface area contributed by atoms with Crippen LogP contribution in [-0.2, 0) is 6.54 Å². The molecule has 0 saturated carbocycles. The van der Waals surface area contributed by atoms with Crippen molar-refractivity contribution in [2.24, 2.45) is 0 Å². The van der Waals surface area contributed by atoms with Gasteiger partial charge in [0, 0.05) is 23.8 Å². The second kappa shape index (κ2) is 8.33. The Morgan fingerprint density at radius 2 is 2.00 bits per heavy atom. The van der Waals surface area contributed by atoms with Gasteiger partial charge in [-0.05, 0) is 53.4 Å². The lowest BCUT2D eigenvalue weighted by atomic mass is 10.2. The highest BCUT2D eigenvalue weighted by molar-refractivity contribution is 5.16. The van der Waals surface area contributed by atoms with Crippen LogP contribution in [0.3, 0.4) is 0 Å². The Morgan fingerprint density at radius 3 is 2.53 bits per heavy atom. The number of aromatic nitrogens is 2. The first kappa shape index (κ1) is 16.2. The summed E-state index contributed by atoms with van der Waals surface area (Å²) in [5, 5.41) is 7.96. The molecule has 1 rings (SSSR count). The summed E-state index contributed by atoms with van der Waals surface area (Å²) in [5.41, 5.74) is 2.60. The molecule has 0 aromatic carbocycles. The monoisotopic (exact) mass is 266 g/mol. The third kappa shape index (κ3) is 4.96. The van der Waals surface area contributed by atoms with Gasteiger partial charge in [-0.3, -0.25) is 4.68 Å². The number of hydrogen-bond acceptors (Lipinski definition) is 3. The normalized spacial score (nSPS) is 11.7. The highest BCUT2D eigenvalue weighted by Gasteiger charge is 2.08. The van der Waals surface area contributed by atoms with Crippen LogP contribution < -0.4 is 5.32 Å². The van der Waals surface area contributed by atoms with Crippen LogP contribution in [0.4, 0.5) is 0 Å². The highest BCUT2D eigenvalue weighted by atomic mass is 15.3. The number of rotatable bonds is 9. The van der Waals surface area contributed by atoms with E-state index in [0.29, 0.717) is 6.04 Å². The molecule has 1 aromatic rings. The molecule has 1 N–H and O–H groups in total. The second-order valence-corrected chi connectivity index (χ2v) is 5.35. The van der Waals surface area contributed by atoms with Crippen molar-refractivity contribution in [2.75, 3.05) is 26.2 Å². The predicted octanol–water partition coefficient (Wildman–Crippen LogP) is 2.59. The van der Waals surface area contributed by atoms with Crippen LogP contribution >= 0.6 is 0 Å². The predicted molar refractivity (Wildman–Crippen MR) is 81.5 cm³/mol. The van der Waals surface area contributed by atoms with E-state index in [1.54, 1.807) is 0 Å². The zero-order valence-corrected chi connectivity index (χ0v) is 13.2. The average molecular weight is 266 g/mol. The summed E-state index contributed by atoms with van der Waals surface area (Å²) in [6.07, 6.45) is 3.20. The Bertz CT molecular complexity index is 353. The summed E-state index contributed by atoms with van der Waals surface area (Å²) >= 11 is 0. The van der Waals surface area contributed by atoms with Crippen LogP contribution in [0.25, 0.3) is 0 Å². The maximum atomic E-state index is 4.44. The lowest BCUT2D eigenvalue weighted by molar-refractivity contribution is 0.298. The molecule has 0 amide bonds. The first-order valence-corrected chi connectivity index (χ1v) is 7.56. The van der Waals surface area contributed by atoms with E-state index in [1.165, 1.54) is 24.2 Å². The van der Waals surface area contributed by atoms with Crippen LogP contribution in [-0.4, -0.2) is 40.9 Å². The van der Waals surface area contributed by atoms with E-state index in [1.807, 2.05) is 6.20 Å². The third-order valence-corrected chi connectivity index (χ3v) is 3.67. The van der Waals surface area contributed by atoms with Gasteiger partial charge in [-0.1, -0.05) is 13.8 Å². The van der Waals surface area contributed by atoms with Gasteiger partial charge in [0.15, 0.2) is 0 Å². The summed E-state index contributed by atoms with van der Waals surface area (Å²) in [5.74, 6) is 0. The van der Waals surface area contributed by atoms with Crippen LogP contribution in [0.15, 0.2) is 6.20 Å². The van der Waals surface area contributed by atoms with Crippen LogP contribution in [0, 0.1) is 6.92 Å². The van der Waals surface area contributed by atoms with E-state index in [2.05, 4.69) is 54.6 Å². The van der Waals surface area contributed by atoms with Crippen molar-refractivity contribution in [3.63, 3.8) is 0 Å². The summed E-state index contributed by atoms with van der Waals surface area (Å²) in [6.45, 7) is 16.4. The van der Waals surface area contributed by atoms with Gasteiger partial charge in [0.2, 0.25) is 0 Å². The van der Waals surface area contributed by atoms with Gasteiger partial charge in [-0.2, -0.15) is 5.10 Å². The Kier molecular flexibility index (Phi) is 7.10. The van der Waals surface area contributed by atoms with Crippen LogP contribution in [0.5, 0.6) is 0 Å². The molecule has 0 aliphatic carbocycles. The molecular weight excluding hydrogens is 236 g/mol. The van der Waals surface area contributed by atoms with Gasteiger partial charge in [0.1, 0.15) is 0 Å². The molecule has 0 saturated heterocycles. The van der Waals surface area contributed by atoms with Gasteiger partial charge in [0.05, 0.1) is 6.20 Å². The number of hydrogen-bond donors (Lipinski definition) is 1. The van der Waals surface area contributed by atoms with Crippen LogP contribution in [0.2, 0.25) is 0 Å². The summed E-state index contributed by atoms with van der Waals surface area (Å²) in [7, 11) is 0.